The molecule has 0 saturated carbocycles. The van der Waals surface area contributed by atoms with Crippen LogP contribution in [-0.4, -0.2) is 24.6 Å². The summed E-state index contributed by atoms with van der Waals surface area (Å²) in [6.07, 6.45) is 0.329. The maximum absolute atomic E-state index is 11.6. The van der Waals surface area contributed by atoms with Crippen molar-refractivity contribution in [1.29, 1.82) is 0 Å². The average molecular weight is 272 g/mol. The number of nitrogens with zero attached hydrogens (tertiary/aromatic N) is 1. The van der Waals surface area contributed by atoms with Gasteiger partial charge in [0.15, 0.2) is 0 Å². The zero-order valence-corrected chi connectivity index (χ0v) is 12.1. The second kappa shape index (κ2) is 6.48. The van der Waals surface area contributed by atoms with Crippen LogP contribution in [0.4, 0.5) is 0 Å². The number of carbonyl (C=O) groups is 1. The van der Waals surface area contributed by atoms with Gasteiger partial charge in [-0.2, -0.15) is 0 Å². The Hall–Kier alpha value is -1.94. The molecule has 1 N–H and O–H groups in total. The van der Waals surface area contributed by atoms with Crippen LogP contribution in [0.25, 0.3) is 10.9 Å². The summed E-state index contributed by atoms with van der Waals surface area (Å²) in [5.41, 5.74) is 3.04. The molecule has 0 bridgehead atoms. The van der Waals surface area contributed by atoms with Crippen LogP contribution in [0.1, 0.15) is 30.6 Å². The van der Waals surface area contributed by atoms with E-state index in [-0.39, 0.29) is 12.0 Å². The minimum absolute atomic E-state index is 0.0419. The summed E-state index contributed by atoms with van der Waals surface area (Å²) >= 11 is 0. The molecule has 4 heteroatoms. The molecular weight excluding hydrogens is 252 g/mol. The lowest BCUT2D eigenvalue weighted by molar-refractivity contribution is -0.143. The van der Waals surface area contributed by atoms with Gasteiger partial charge in [0.2, 0.25) is 0 Å². The van der Waals surface area contributed by atoms with Crippen molar-refractivity contribution in [1.82, 2.24) is 10.3 Å². The fourth-order valence-corrected chi connectivity index (χ4v) is 2.24. The van der Waals surface area contributed by atoms with E-state index < -0.39 is 0 Å². The number of carbonyl (C=O) groups excluding carboxylic acids is 1. The summed E-state index contributed by atoms with van der Waals surface area (Å²) in [5.74, 6) is -0.186. The first-order chi connectivity index (χ1) is 9.63. The van der Waals surface area contributed by atoms with Gasteiger partial charge in [-0.15, -0.1) is 0 Å². The molecule has 0 spiro atoms. The van der Waals surface area contributed by atoms with Crippen molar-refractivity contribution in [3.8, 4) is 0 Å². The molecule has 2 aromatic rings. The zero-order chi connectivity index (χ0) is 14.5. The molecule has 0 aliphatic carbocycles. The predicted octanol–water partition coefficient (Wildman–Crippen LogP) is 2.76. The van der Waals surface area contributed by atoms with Gasteiger partial charge in [-0.25, -0.2) is 0 Å². The first kappa shape index (κ1) is 14.5. The molecule has 1 unspecified atom stereocenters. The first-order valence-corrected chi connectivity index (χ1v) is 6.84. The number of benzene rings is 1. The summed E-state index contributed by atoms with van der Waals surface area (Å²) in [6.45, 7) is 4.21. The Bertz CT molecular complexity index is 610. The Kier molecular flexibility index (Phi) is 4.69. The Morgan fingerprint density at radius 2 is 2.15 bits per heavy atom. The number of fused-ring (bicyclic) bond motifs is 1. The van der Waals surface area contributed by atoms with Crippen LogP contribution in [0.5, 0.6) is 0 Å². The second-order valence-corrected chi connectivity index (χ2v) is 4.76. The van der Waals surface area contributed by atoms with E-state index in [0.29, 0.717) is 13.0 Å². The predicted molar refractivity (Wildman–Crippen MR) is 79.5 cm³/mol. The van der Waals surface area contributed by atoms with Gasteiger partial charge < -0.3 is 10.1 Å². The largest absolute Gasteiger partial charge is 0.466 e. The molecule has 1 aromatic heterocycles. The van der Waals surface area contributed by atoms with Crippen molar-refractivity contribution in [2.45, 2.75) is 26.3 Å². The molecule has 0 saturated heterocycles. The number of ether oxygens (including phenoxy) is 1. The van der Waals surface area contributed by atoms with Crippen molar-refractivity contribution in [3.63, 3.8) is 0 Å². The second-order valence-electron chi connectivity index (χ2n) is 4.76. The van der Waals surface area contributed by atoms with Crippen LogP contribution in [0.3, 0.4) is 0 Å². The van der Waals surface area contributed by atoms with Gasteiger partial charge in [0.05, 0.1) is 18.5 Å². The number of hydrogen-bond donors (Lipinski definition) is 1. The minimum atomic E-state index is -0.186. The molecular formula is C16H20N2O2. The van der Waals surface area contributed by atoms with Crippen LogP contribution < -0.4 is 5.32 Å². The van der Waals surface area contributed by atoms with Crippen LogP contribution >= 0.6 is 0 Å². The molecule has 1 heterocycles. The van der Waals surface area contributed by atoms with E-state index >= 15 is 0 Å². The summed E-state index contributed by atoms with van der Waals surface area (Å²) in [5, 5.41) is 4.24. The molecule has 0 aliphatic rings. The number of pyridine rings is 1. The normalized spacial score (nSPS) is 12.3. The minimum Gasteiger partial charge on any atom is -0.466 e. The van der Waals surface area contributed by atoms with Crippen molar-refractivity contribution < 1.29 is 9.53 Å². The van der Waals surface area contributed by atoms with Gasteiger partial charge in [-0.3, -0.25) is 9.78 Å². The third-order valence-corrected chi connectivity index (χ3v) is 3.28. The SMILES string of the molecule is CCOC(=O)CC(NC)c1ccc2nc(C)ccc2c1. The average Bonchev–Trinajstić information content (AvgIpc) is 2.44. The molecule has 0 fully saturated rings. The smallest absolute Gasteiger partial charge is 0.307 e. The number of nitrogens with one attached hydrogen (secondary N) is 1. The Morgan fingerprint density at radius 1 is 1.35 bits per heavy atom. The van der Waals surface area contributed by atoms with Gasteiger partial charge in [0, 0.05) is 17.1 Å². The molecule has 20 heavy (non-hydrogen) atoms. The summed E-state index contributed by atoms with van der Waals surface area (Å²) in [4.78, 5) is 16.1. The van der Waals surface area contributed by atoms with Crippen molar-refractivity contribution in [2.75, 3.05) is 13.7 Å². The van der Waals surface area contributed by atoms with E-state index in [1.54, 1.807) is 0 Å². The van der Waals surface area contributed by atoms with Gasteiger partial charge in [-0.05, 0) is 44.7 Å². The maximum atomic E-state index is 11.6. The molecule has 1 atom stereocenters. The van der Waals surface area contributed by atoms with E-state index in [0.717, 1.165) is 22.2 Å². The van der Waals surface area contributed by atoms with Crippen molar-refractivity contribution in [3.05, 3.63) is 41.6 Å². The van der Waals surface area contributed by atoms with E-state index in [1.807, 2.05) is 39.1 Å². The molecule has 0 radical (unpaired) electrons. The first-order valence-electron chi connectivity index (χ1n) is 6.84. The fourth-order valence-electron chi connectivity index (χ4n) is 2.24. The molecule has 0 aliphatic heterocycles. The van der Waals surface area contributed by atoms with E-state index in [2.05, 4.69) is 22.4 Å². The van der Waals surface area contributed by atoms with Crippen LogP contribution in [-0.2, 0) is 9.53 Å². The maximum Gasteiger partial charge on any atom is 0.307 e. The fraction of sp³-hybridized carbons (Fsp3) is 0.375. The molecule has 4 nitrogen and oxygen atoms in total. The highest BCUT2D eigenvalue weighted by Crippen LogP contribution is 2.22. The Labute approximate surface area is 119 Å². The van der Waals surface area contributed by atoms with E-state index in [4.69, 9.17) is 4.74 Å². The summed E-state index contributed by atoms with van der Waals surface area (Å²) in [7, 11) is 1.85. The van der Waals surface area contributed by atoms with Gasteiger partial charge >= 0.3 is 5.97 Å². The highest BCUT2D eigenvalue weighted by atomic mass is 16.5. The van der Waals surface area contributed by atoms with Crippen LogP contribution in [0.15, 0.2) is 30.3 Å². The summed E-state index contributed by atoms with van der Waals surface area (Å²) < 4.78 is 5.01. The third kappa shape index (κ3) is 3.33. The third-order valence-electron chi connectivity index (χ3n) is 3.28. The molecule has 106 valence electrons. The number of esters is 1. The van der Waals surface area contributed by atoms with E-state index in [9.17, 15) is 4.79 Å². The number of aryl methyl sites for hydroxylation is 1. The molecule has 2 rings (SSSR count). The van der Waals surface area contributed by atoms with Crippen LogP contribution in [0, 0.1) is 6.92 Å². The molecule has 0 amide bonds. The number of aromatic nitrogens is 1. The Morgan fingerprint density at radius 3 is 2.85 bits per heavy atom. The van der Waals surface area contributed by atoms with Crippen molar-refractivity contribution >= 4 is 16.9 Å². The van der Waals surface area contributed by atoms with Crippen molar-refractivity contribution in [2.24, 2.45) is 0 Å². The highest BCUT2D eigenvalue weighted by Gasteiger charge is 2.15. The van der Waals surface area contributed by atoms with Gasteiger partial charge in [-0.1, -0.05) is 12.1 Å². The van der Waals surface area contributed by atoms with Gasteiger partial charge in [0.25, 0.3) is 0 Å². The molecule has 1 aromatic carbocycles. The number of rotatable bonds is 5. The lowest BCUT2D eigenvalue weighted by Gasteiger charge is -2.16. The topological polar surface area (TPSA) is 51.2 Å². The lowest BCUT2D eigenvalue weighted by atomic mass is 10.0. The van der Waals surface area contributed by atoms with E-state index in [1.165, 1.54) is 0 Å². The van der Waals surface area contributed by atoms with Gasteiger partial charge in [0.1, 0.15) is 0 Å². The summed E-state index contributed by atoms with van der Waals surface area (Å²) in [6, 6.07) is 10.1. The standard InChI is InChI=1S/C16H20N2O2/c1-4-20-16(19)10-15(17-3)13-7-8-14-12(9-13)6-5-11(2)18-14/h5-9,15,17H,4,10H2,1-3H3. The highest BCUT2D eigenvalue weighted by molar-refractivity contribution is 5.80. The lowest BCUT2D eigenvalue weighted by Crippen LogP contribution is -2.21. The Balaban J connectivity index is 2.25. The van der Waals surface area contributed by atoms with Crippen LogP contribution in [0.2, 0.25) is 0 Å². The monoisotopic (exact) mass is 272 g/mol. The number of hydrogen-bond acceptors (Lipinski definition) is 4. The quantitative estimate of drug-likeness (QED) is 0.850. The zero-order valence-electron chi connectivity index (χ0n) is 12.1.